The lowest BCUT2D eigenvalue weighted by atomic mass is 9.78. The molecule has 1 amide bonds. The fourth-order valence-corrected chi connectivity index (χ4v) is 3.68. The van der Waals surface area contributed by atoms with Crippen molar-refractivity contribution in [2.45, 2.75) is 58.0 Å². The van der Waals surface area contributed by atoms with Gasteiger partial charge in [-0.05, 0) is 44.7 Å². The van der Waals surface area contributed by atoms with Crippen molar-refractivity contribution in [2.75, 3.05) is 26.7 Å². The third-order valence-electron chi connectivity index (χ3n) is 5.33. The summed E-state index contributed by atoms with van der Waals surface area (Å²) >= 11 is 0. The molecule has 4 atom stereocenters. The Kier molecular flexibility index (Phi) is 7.99. The Hall–Kier alpha value is -0.320. The first kappa shape index (κ1) is 18.7. The van der Waals surface area contributed by atoms with Crippen LogP contribution in [0.5, 0.6) is 0 Å². The van der Waals surface area contributed by atoms with Gasteiger partial charge in [-0.25, -0.2) is 0 Å². The second-order valence-electron chi connectivity index (χ2n) is 6.80. The Morgan fingerprint density at radius 1 is 1.19 bits per heavy atom. The number of likely N-dealkylation sites (tertiary alicyclic amines) is 1. The van der Waals surface area contributed by atoms with Gasteiger partial charge in [0.05, 0.1) is 6.54 Å². The molecule has 0 radical (unpaired) electrons. The van der Waals surface area contributed by atoms with Gasteiger partial charge in [-0.15, -0.1) is 12.4 Å². The van der Waals surface area contributed by atoms with Crippen LogP contribution >= 0.6 is 12.4 Å². The van der Waals surface area contributed by atoms with E-state index in [0.29, 0.717) is 24.5 Å². The van der Waals surface area contributed by atoms with Crippen molar-refractivity contribution >= 4 is 18.3 Å². The molecule has 21 heavy (non-hydrogen) atoms. The van der Waals surface area contributed by atoms with Crippen LogP contribution in [0, 0.1) is 11.8 Å². The molecule has 2 fully saturated rings. The Labute approximate surface area is 135 Å². The number of carbonyl (C=O) groups excluding carboxylic acids is 1. The van der Waals surface area contributed by atoms with E-state index in [9.17, 15) is 4.79 Å². The van der Waals surface area contributed by atoms with E-state index in [2.05, 4.69) is 29.4 Å². The molecule has 4 unspecified atom stereocenters. The second kappa shape index (κ2) is 8.96. The number of hydrogen-bond donors (Lipinski definition) is 2. The largest absolute Gasteiger partial charge is 0.352 e. The molecule has 1 aliphatic carbocycles. The molecule has 1 heterocycles. The molecule has 0 bridgehead atoms. The minimum Gasteiger partial charge on any atom is -0.352 e. The number of piperidine rings is 1. The van der Waals surface area contributed by atoms with E-state index in [1.807, 2.05) is 7.05 Å². The predicted molar refractivity (Wildman–Crippen MR) is 89.9 cm³/mol. The summed E-state index contributed by atoms with van der Waals surface area (Å²) in [6.45, 7) is 7.22. The maximum absolute atomic E-state index is 12.3. The summed E-state index contributed by atoms with van der Waals surface area (Å²) in [5.41, 5.74) is 0. The van der Waals surface area contributed by atoms with Crippen LogP contribution in [0.2, 0.25) is 0 Å². The summed E-state index contributed by atoms with van der Waals surface area (Å²) in [6.07, 6.45) is 6.13. The lowest BCUT2D eigenvalue weighted by Crippen LogP contribution is -2.51. The van der Waals surface area contributed by atoms with Gasteiger partial charge in [0.1, 0.15) is 0 Å². The zero-order valence-corrected chi connectivity index (χ0v) is 14.5. The minimum atomic E-state index is 0. The molecule has 1 saturated carbocycles. The monoisotopic (exact) mass is 317 g/mol. The zero-order valence-electron chi connectivity index (χ0n) is 13.7. The summed E-state index contributed by atoms with van der Waals surface area (Å²) in [4.78, 5) is 14.5. The van der Waals surface area contributed by atoms with Crippen LogP contribution in [0.3, 0.4) is 0 Å². The number of halogens is 1. The third-order valence-corrected chi connectivity index (χ3v) is 5.33. The second-order valence-corrected chi connectivity index (χ2v) is 6.80. The van der Waals surface area contributed by atoms with Crippen molar-refractivity contribution in [2.24, 2.45) is 11.8 Å². The van der Waals surface area contributed by atoms with Crippen molar-refractivity contribution in [1.82, 2.24) is 15.5 Å². The summed E-state index contributed by atoms with van der Waals surface area (Å²) < 4.78 is 0. The van der Waals surface area contributed by atoms with Crippen LogP contribution in [0.15, 0.2) is 0 Å². The third kappa shape index (κ3) is 5.42. The summed E-state index contributed by atoms with van der Waals surface area (Å²) in [6, 6.07) is 0.932. The Morgan fingerprint density at radius 3 is 2.67 bits per heavy atom. The SMILES string of the molecule is CNC1CCCN(CC(=O)NC2CCCC(C)C2C)C1.Cl. The van der Waals surface area contributed by atoms with Gasteiger partial charge < -0.3 is 10.6 Å². The van der Waals surface area contributed by atoms with Gasteiger partial charge in [0, 0.05) is 18.6 Å². The fraction of sp³-hybridized carbons (Fsp3) is 0.938. The van der Waals surface area contributed by atoms with E-state index in [1.165, 1.54) is 25.7 Å². The van der Waals surface area contributed by atoms with Crippen molar-refractivity contribution in [3.8, 4) is 0 Å². The Balaban J connectivity index is 0.00000220. The maximum atomic E-state index is 12.3. The average Bonchev–Trinajstić information content (AvgIpc) is 2.44. The molecule has 4 nitrogen and oxygen atoms in total. The fourth-order valence-electron chi connectivity index (χ4n) is 3.68. The lowest BCUT2D eigenvalue weighted by molar-refractivity contribution is -0.124. The molecule has 2 rings (SSSR count). The average molecular weight is 318 g/mol. The molecule has 124 valence electrons. The number of likely N-dealkylation sites (N-methyl/N-ethyl adjacent to an activating group) is 1. The predicted octanol–water partition coefficient (Wildman–Crippen LogP) is 2.03. The van der Waals surface area contributed by atoms with Gasteiger partial charge in [-0.3, -0.25) is 9.69 Å². The lowest BCUT2D eigenvalue weighted by Gasteiger charge is -2.36. The van der Waals surface area contributed by atoms with Crippen molar-refractivity contribution in [3.63, 3.8) is 0 Å². The minimum absolute atomic E-state index is 0. The van der Waals surface area contributed by atoms with Crippen LogP contribution in [0.1, 0.15) is 46.0 Å². The highest BCUT2D eigenvalue weighted by atomic mass is 35.5. The summed E-state index contributed by atoms with van der Waals surface area (Å²) in [5, 5.41) is 6.61. The van der Waals surface area contributed by atoms with Crippen molar-refractivity contribution < 1.29 is 4.79 Å². The normalized spacial score (nSPS) is 34.0. The molecule has 0 aromatic heterocycles. The highest BCUT2D eigenvalue weighted by Crippen LogP contribution is 2.29. The van der Waals surface area contributed by atoms with Crippen LogP contribution in [-0.4, -0.2) is 49.6 Å². The molecule has 2 aliphatic rings. The molecule has 1 saturated heterocycles. The molecular weight excluding hydrogens is 286 g/mol. The number of nitrogens with one attached hydrogen (secondary N) is 2. The highest BCUT2D eigenvalue weighted by Gasteiger charge is 2.29. The number of nitrogens with zero attached hydrogens (tertiary/aromatic N) is 1. The van der Waals surface area contributed by atoms with E-state index in [1.54, 1.807) is 0 Å². The highest BCUT2D eigenvalue weighted by molar-refractivity contribution is 5.85. The number of carbonyl (C=O) groups is 1. The van der Waals surface area contributed by atoms with Crippen molar-refractivity contribution in [1.29, 1.82) is 0 Å². The molecule has 0 aromatic carbocycles. The Bertz CT molecular complexity index is 327. The van der Waals surface area contributed by atoms with Crippen LogP contribution in [-0.2, 0) is 4.79 Å². The van der Waals surface area contributed by atoms with Gasteiger partial charge in [0.15, 0.2) is 0 Å². The molecular formula is C16H32ClN3O. The van der Waals surface area contributed by atoms with Crippen LogP contribution in [0.4, 0.5) is 0 Å². The van der Waals surface area contributed by atoms with Gasteiger partial charge in [-0.2, -0.15) is 0 Å². The number of hydrogen-bond acceptors (Lipinski definition) is 3. The molecule has 2 N–H and O–H groups in total. The van der Waals surface area contributed by atoms with Gasteiger partial charge in [0.25, 0.3) is 0 Å². The Morgan fingerprint density at radius 2 is 1.95 bits per heavy atom. The van der Waals surface area contributed by atoms with E-state index in [-0.39, 0.29) is 18.3 Å². The topological polar surface area (TPSA) is 44.4 Å². The summed E-state index contributed by atoms with van der Waals surface area (Å²) in [5.74, 6) is 1.56. The molecule has 0 aromatic rings. The van der Waals surface area contributed by atoms with E-state index >= 15 is 0 Å². The number of amides is 1. The first-order chi connectivity index (χ1) is 9.60. The smallest absolute Gasteiger partial charge is 0.234 e. The summed E-state index contributed by atoms with van der Waals surface area (Å²) in [7, 11) is 2.01. The zero-order chi connectivity index (χ0) is 14.5. The van der Waals surface area contributed by atoms with Crippen LogP contribution in [0.25, 0.3) is 0 Å². The van der Waals surface area contributed by atoms with E-state index < -0.39 is 0 Å². The van der Waals surface area contributed by atoms with Gasteiger partial charge in [0.2, 0.25) is 5.91 Å². The van der Waals surface area contributed by atoms with Crippen molar-refractivity contribution in [3.05, 3.63) is 0 Å². The number of rotatable bonds is 4. The van der Waals surface area contributed by atoms with Crippen LogP contribution < -0.4 is 10.6 Å². The van der Waals surface area contributed by atoms with Gasteiger partial charge in [-0.1, -0.05) is 26.7 Å². The molecule has 0 spiro atoms. The van der Waals surface area contributed by atoms with E-state index in [4.69, 9.17) is 0 Å². The van der Waals surface area contributed by atoms with Gasteiger partial charge >= 0.3 is 0 Å². The molecule has 5 heteroatoms. The van der Waals surface area contributed by atoms with E-state index in [0.717, 1.165) is 25.4 Å². The maximum Gasteiger partial charge on any atom is 0.234 e. The molecule has 1 aliphatic heterocycles. The quantitative estimate of drug-likeness (QED) is 0.834. The first-order valence-corrected chi connectivity index (χ1v) is 8.29. The standard InChI is InChI=1S/C16H31N3O.ClH/c1-12-6-4-8-15(13(12)2)18-16(20)11-19-9-5-7-14(10-19)17-3;/h12-15,17H,4-11H2,1-3H3,(H,18,20);1H. The first-order valence-electron chi connectivity index (χ1n) is 8.29.